The molecule has 0 N–H and O–H groups in total. The van der Waals surface area contributed by atoms with Crippen molar-refractivity contribution in [2.45, 2.75) is 33.6 Å². The molecular weight excluding hydrogens is 338 g/mol. The Labute approximate surface area is 167 Å². The Morgan fingerprint density at radius 1 is 1.00 bits per heavy atom. The van der Waals surface area contributed by atoms with E-state index in [0.717, 1.165) is 12.8 Å². The molecule has 5 rings (SSSR count). The summed E-state index contributed by atoms with van der Waals surface area (Å²) in [5, 5.41) is 1.25. The van der Waals surface area contributed by atoms with Gasteiger partial charge in [0.15, 0.2) is 0 Å². The lowest BCUT2D eigenvalue weighted by Gasteiger charge is -2.13. The Balaban J connectivity index is 1.71. The minimum absolute atomic E-state index is 1.06. The molecule has 0 saturated carbocycles. The first-order valence-corrected chi connectivity index (χ1v) is 10.0. The number of nitrogens with zero attached hydrogens (tertiary/aromatic N) is 1. The van der Waals surface area contributed by atoms with Crippen LogP contribution < -0.4 is 0 Å². The first kappa shape index (κ1) is 17.1. The second-order valence-corrected chi connectivity index (χ2v) is 7.91. The number of para-hydroxylation sites is 1. The molecule has 0 aliphatic heterocycles. The summed E-state index contributed by atoms with van der Waals surface area (Å²) in [6, 6.07) is 15.6. The fourth-order valence-corrected chi connectivity index (χ4v) is 4.94. The summed E-state index contributed by atoms with van der Waals surface area (Å²) >= 11 is 0. The molecule has 0 atom stereocenters. The van der Waals surface area contributed by atoms with Crippen LogP contribution in [-0.2, 0) is 6.42 Å². The fraction of sp³-hybridized carbons (Fsp3) is 0.185. The molecule has 2 aromatic carbocycles. The first-order valence-electron chi connectivity index (χ1n) is 10.0. The van der Waals surface area contributed by atoms with Gasteiger partial charge >= 0.3 is 0 Å². The lowest BCUT2D eigenvalue weighted by atomic mass is 10.00. The molecule has 0 saturated heterocycles. The van der Waals surface area contributed by atoms with E-state index in [1.165, 1.54) is 50.1 Å². The highest BCUT2D eigenvalue weighted by Gasteiger charge is 2.28. The highest BCUT2D eigenvalue weighted by molar-refractivity contribution is 5.95. The van der Waals surface area contributed by atoms with E-state index in [4.69, 9.17) is 0 Å². The topological polar surface area (TPSA) is 4.93 Å². The van der Waals surface area contributed by atoms with E-state index in [2.05, 4.69) is 86.5 Å². The normalized spacial score (nSPS) is 15.8. The van der Waals surface area contributed by atoms with Crippen molar-refractivity contribution in [1.29, 1.82) is 0 Å². The molecule has 0 unspecified atom stereocenters. The Kier molecular flexibility index (Phi) is 3.80. The molecule has 0 amide bonds. The van der Waals surface area contributed by atoms with E-state index >= 15 is 0 Å². The van der Waals surface area contributed by atoms with Gasteiger partial charge in [-0.2, -0.15) is 0 Å². The molecule has 3 aromatic rings. The molecule has 0 radical (unpaired) electrons. The molecular formula is C27H25N. The Morgan fingerprint density at radius 3 is 2.61 bits per heavy atom. The monoisotopic (exact) mass is 363 g/mol. The third-order valence-electron chi connectivity index (χ3n) is 6.42. The standard InChI is InChI=1S/C27H25N/c1-5-9-26-21(6-2)23-10-7-8-11-27(23)28(26)20-12-13-22-19(15-20)16-24-18(4)17(3)14-25(22)24/h5-13,15H,2,14,16H2,1,3-4H3/b9-5-. The summed E-state index contributed by atoms with van der Waals surface area (Å²) in [5.74, 6) is 0. The third-order valence-corrected chi connectivity index (χ3v) is 6.42. The molecule has 2 aliphatic rings. The van der Waals surface area contributed by atoms with Gasteiger partial charge in [0, 0.05) is 16.6 Å². The van der Waals surface area contributed by atoms with Gasteiger partial charge in [0.25, 0.3) is 0 Å². The third kappa shape index (κ3) is 2.26. The van der Waals surface area contributed by atoms with Gasteiger partial charge in [-0.3, -0.25) is 0 Å². The summed E-state index contributed by atoms with van der Waals surface area (Å²) in [7, 11) is 0. The van der Waals surface area contributed by atoms with E-state index in [1.54, 1.807) is 11.1 Å². The molecule has 28 heavy (non-hydrogen) atoms. The van der Waals surface area contributed by atoms with Crippen molar-refractivity contribution in [3.63, 3.8) is 0 Å². The number of fused-ring (bicyclic) bond motifs is 3. The van der Waals surface area contributed by atoms with E-state index in [1.807, 2.05) is 6.08 Å². The van der Waals surface area contributed by atoms with E-state index in [0.29, 0.717) is 0 Å². The quantitative estimate of drug-likeness (QED) is 0.458. The lowest BCUT2D eigenvalue weighted by Crippen LogP contribution is -1.99. The van der Waals surface area contributed by atoms with Crippen molar-refractivity contribution in [1.82, 2.24) is 4.57 Å². The summed E-state index contributed by atoms with van der Waals surface area (Å²) in [6.07, 6.45) is 8.46. The van der Waals surface area contributed by atoms with Crippen LogP contribution in [0.4, 0.5) is 0 Å². The van der Waals surface area contributed by atoms with E-state index in [9.17, 15) is 0 Å². The summed E-state index contributed by atoms with van der Waals surface area (Å²) in [5.41, 5.74) is 13.9. The maximum absolute atomic E-state index is 4.08. The van der Waals surface area contributed by atoms with Gasteiger partial charge in [0.05, 0.1) is 11.2 Å². The summed E-state index contributed by atoms with van der Waals surface area (Å²) in [4.78, 5) is 0. The van der Waals surface area contributed by atoms with Gasteiger partial charge < -0.3 is 4.57 Å². The Hall–Kier alpha value is -3.06. The van der Waals surface area contributed by atoms with Crippen LogP contribution in [0.25, 0.3) is 34.3 Å². The molecule has 138 valence electrons. The van der Waals surface area contributed by atoms with E-state index < -0.39 is 0 Å². The van der Waals surface area contributed by atoms with Crippen LogP contribution >= 0.6 is 0 Å². The zero-order valence-electron chi connectivity index (χ0n) is 16.8. The van der Waals surface area contributed by atoms with Crippen molar-refractivity contribution >= 4 is 28.6 Å². The average Bonchev–Trinajstić information content (AvgIpc) is 3.31. The number of hydrogen-bond donors (Lipinski definition) is 0. The molecule has 1 nitrogen and oxygen atoms in total. The maximum Gasteiger partial charge on any atom is 0.0541 e. The minimum Gasteiger partial charge on any atom is -0.309 e. The second-order valence-electron chi connectivity index (χ2n) is 7.91. The van der Waals surface area contributed by atoms with Crippen LogP contribution in [0.15, 0.2) is 71.8 Å². The van der Waals surface area contributed by atoms with Crippen LogP contribution in [0, 0.1) is 0 Å². The average molecular weight is 364 g/mol. The van der Waals surface area contributed by atoms with Crippen molar-refractivity contribution in [2.24, 2.45) is 0 Å². The van der Waals surface area contributed by atoms with Crippen LogP contribution in [0.5, 0.6) is 0 Å². The van der Waals surface area contributed by atoms with Crippen molar-refractivity contribution in [3.05, 3.63) is 94.2 Å². The maximum atomic E-state index is 4.08. The molecule has 0 bridgehead atoms. The smallest absolute Gasteiger partial charge is 0.0541 e. The van der Waals surface area contributed by atoms with Gasteiger partial charge in [-0.25, -0.2) is 0 Å². The molecule has 2 aliphatic carbocycles. The number of allylic oxidation sites excluding steroid dienone is 5. The first-order chi connectivity index (χ1) is 13.6. The number of benzene rings is 2. The zero-order valence-corrected chi connectivity index (χ0v) is 16.8. The van der Waals surface area contributed by atoms with Gasteiger partial charge in [-0.1, -0.05) is 48.6 Å². The number of aromatic nitrogens is 1. The number of hydrogen-bond acceptors (Lipinski definition) is 0. The van der Waals surface area contributed by atoms with Crippen molar-refractivity contribution in [2.75, 3.05) is 0 Å². The van der Waals surface area contributed by atoms with Gasteiger partial charge in [-0.15, -0.1) is 0 Å². The largest absolute Gasteiger partial charge is 0.309 e. The molecule has 0 fully saturated rings. The summed E-state index contributed by atoms with van der Waals surface area (Å²) in [6.45, 7) is 10.7. The molecule has 1 heterocycles. The van der Waals surface area contributed by atoms with Crippen molar-refractivity contribution in [3.8, 4) is 5.69 Å². The number of rotatable bonds is 3. The van der Waals surface area contributed by atoms with Crippen LogP contribution in [0.2, 0.25) is 0 Å². The predicted molar refractivity (Wildman–Crippen MR) is 122 cm³/mol. The van der Waals surface area contributed by atoms with Crippen LogP contribution in [-0.4, -0.2) is 4.57 Å². The Bertz CT molecular complexity index is 1240. The van der Waals surface area contributed by atoms with E-state index in [-0.39, 0.29) is 0 Å². The zero-order chi connectivity index (χ0) is 19.4. The van der Waals surface area contributed by atoms with Gasteiger partial charge in [0.2, 0.25) is 0 Å². The SMILES string of the molecule is C=Cc1c(/C=C\C)n(-c2ccc3c(c2)CC2=C3CC(C)=C2C)c2ccccc12. The van der Waals surface area contributed by atoms with Crippen molar-refractivity contribution < 1.29 is 0 Å². The fourth-order valence-electron chi connectivity index (χ4n) is 4.94. The Morgan fingerprint density at radius 2 is 1.82 bits per heavy atom. The molecule has 1 aromatic heterocycles. The lowest BCUT2D eigenvalue weighted by molar-refractivity contribution is 1.08. The van der Waals surface area contributed by atoms with Gasteiger partial charge in [0.1, 0.15) is 0 Å². The van der Waals surface area contributed by atoms with Gasteiger partial charge in [-0.05, 0) is 85.7 Å². The van der Waals surface area contributed by atoms with Crippen LogP contribution in [0.3, 0.4) is 0 Å². The molecule has 0 spiro atoms. The predicted octanol–water partition coefficient (Wildman–Crippen LogP) is 7.36. The second kappa shape index (κ2) is 6.24. The highest BCUT2D eigenvalue weighted by atomic mass is 15.0. The minimum atomic E-state index is 1.06. The molecule has 1 heteroatoms. The summed E-state index contributed by atoms with van der Waals surface area (Å²) < 4.78 is 2.38. The van der Waals surface area contributed by atoms with Crippen LogP contribution in [0.1, 0.15) is 49.6 Å². The highest BCUT2D eigenvalue weighted by Crippen LogP contribution is 2.46.